The molecule has 0 aromatic rings. The molecular formula is C14H28O. The van der Waals surface area contributed by atoms with Crippen molar-refractivity contribution in [3.05, 3.63) is 12.2 Å². The summed E-state index contributed by atoms with van der Waals surface area (Å²) in [6, 6.07) is 0. The van der Waals surface area contributed by atoms with Gasteiger partial charge in [-0.15, -0.1) is 6.58 Å². The maximum absolute atomic E-state index is 10.5. The van der Waals surface area contributed by atoms with E-state index in [1.165, 1.54) is 18.4 Å². The molecule has 0 aromatic carbocycles. The number of hydrogen-bond acceptors (Lipinski definition) is 1. The van der Waals surface area contributed by atoms with Crippen molar-refractivity contribution in [1.29, 1.82) is 0 Å². The molecule has 0 aromatic heterocycles. The molecule has 0 saturated heterocycles. The highest BCUT2D eigenvalue weighted by Crippen LogP contribution is 2.27. The Kier molecular flexibility index (Phi) is 7.76. The van der Waals surface area contributed by atoms with E-state index in [9.17, 15) is 5.11 Å². The average molecular weight is 212 g/mol. The van der Waals surface area contributed by atoms with Crippen LogP contribution in [-0.2, 0) is 0 Å². The predicted octanol–water partition coefficient (Wildman–Crippen LogP) is 4.45. The molecule has 0 bridgehead atoms. The van der Waals surface area contributed by atoms with E-state index in [0.29, 0.717) is 0 Å². The third-order valence-corrected chi connectivity index (χ3v) is 3.01. The van der Waals surface area contributed by atoms with E-state index in [-0.39, 0.29) is 0 Å². The first-order valence-corrected chi connectivity index (χ1v) is 6.41. The van der Waals surface area contributed by atoms with Crippen molar-refractivity contribution in [2.75, 3.05) is 0 Å². The Hall–Kier alpha value is -0.300. The highest BCUT2D eigenvalue weighted by atomic mass is 16.3. The van der Waals surface area contributed by atoms with Crippen molar-refractivity contribution in [3.63, 3.8) is 0 Å². The van der Waals surface area contributed by atoms with Crippen molar-refractivity contribution in [2.24, 2.45) is 0 Å². The van der Waals surface area contributed by atoms with E-state index < -0.39 is 5.60 Å². The van der Waals surface area contributed by atoms with E-state index in [0.717, 1.165) is 38.5 Å². The van der Waals surface area contributed by atoms with Gasteiger partial charge in [0.05, 0.1) is 5.60 Å². The van der Waals surface area contributed by atoms with Gasteiger partial charge in [0.15, 0.2) is 0 Å². The Bertz CT molecular complexity index is 164. The highest BCUT2D eigenvalue weighted by Gasteiger charge is 2.24. The fourth-order valence-corrected chi connectivity index (χ4v) is 1.83. The van der Waals surface area contributed by atoms with Gasteiger partial charge in [-0.25, -0.2) is 0 Å². The summed E-state index contributed by atoms with van der Waals surface area (Å²) >= 11 is 0. The lowest BCUT2D eigenvalue weighted by molar-refractivity contribution is 0.0106. The van der Waals surface area contributed by atoms with Gasteiger partial charge in [0.1, 0.15) is 0 Å². The number of allylic oxidation sites excluding steroid dienone is 1. The van der Waals surface area contributed by atoms with Crippen LogP contribution in [0, 0.1) is 0 Å². The Morgan fingerprint density at radius 2 is 1.53 bits per heavy atom. The summed E-state index contributed by atoms with van der Waals surface area (Å²) in [4.78, 5) is 0. The largest absolute Gasteiger partial charge is 0.390 e. The standard InChI is InChI=1S/C14H28O/c1-5-7-10-14(15,11-8-6-2)12-9-13(3)4/h15H,3,5-12H2,1-2,4H3. The minimum absolute atomic E-state index is 0.426. The van der Waals surface area contributed by atoms with Crippen molar-refractivity contribution >= 4 is 0 Å². The molecule has 0 aliphatic carbocycles. The quantitative estimate of drug-likeness (QED) is 0.560. The fraction of sp³-hybridized carbons (Fsp3) is 0.857. The molecule has 0 unspecified atom stereocenters. The molecule has 15 heavy (non-hydrogen) atoms. The highest BCUT2D eigenvalue weighted by molar-refractivity contribution is 4.91. The zero-order valence-electron chi connectivity index (χ0n) is 10.8. The second-order valence-electron chi connectivity index (χ2n) is 4.89. The molecule has 0 aliphatic heterocycles. The van der Waals surface area contributed by atoms with Crippen molar-refractivity contribution < 1.29 is 5.11 Å². The molecular weight excluding hydrogens is 184 g/mol. The Morgan fingerprint density at radius 1 is 1.07 bits per heavy atom. The molecule has 0 aliphatic rings. The van der Waals surface area contributed by atoms with Crippen LogP contribution in [0.2, 0.25) is 0 Å². The smallest absolute Gasteiger partial charge is 0.0650 e. The molecule has 90 valence electrons. The van der Waals surface area contributed by atoms with Gasteiger partial charge in [0.25, 0.3) is 0 Å². The van der Waals surface area contributed by atoms with Gasteiger partial charge in [0.2, 0.25) is 0 Å². The van der Waals surface area contributed by atoms with Crippen LogP contribution in [0.4, 0.5) is 0 Å². The van der Waals surface area contributed by atoms with Crippen LogP contribution >= 0.6 is 0 Å². The molecule has 0 saturated carbocycles. The molecule has 0 heterocycles. The van der Waals surface area contributed by atoms with Gasteiger partial charge in [-0.3, -0.25) is 0 Å². The van der Waals surface area contributed by atoms with E-state index in [2.05, 4.69) is 20.4 Å². The fourth-order valence-electron chi connectivity index (χ4n) is 1.83. The summed E-state index contributed by atoms with van der Waals surface area (Å²) in [5.74, 6) is 0. The Balaban J connectivity index is 4.06. The van der Waals surface area contributed by atoms with Gasteiger partial charge in [0, 0.05) is 0 Å². The normalized spacial score (nSPS) is 11.7. The molecule has 0 fully saturated rings. The minimum Gasteiger partial charge on any atom is -0.390 e. The summed E-state index contributed by atoms with van der Waals surface area (Å²) in [7, 11) is 0. The third kappa shape index (κ3) is 7.61. The summed E-state index contributed by atoms with van der Waals surface area (Å²) in [6.07, 6.45) is 8.37. The van der Waals surface area contributed by atoms with Crippen LogP contribution in [0.5, 0.6) is 0 Å². The monoisotopic (exact) mass is 212 g/mol. The molecule has 0 atom stereocenters. The van der Waals surface area contributed by atoms with Gasteiger partial charge >= 0.3 is 0 Å². The number of unbranched alkanes of at least 4 members (excludes halogenated alkanes) is 2. The van der Waals surface area contributed by atoms with Crippen LogP contribution in [0.25, 0.3) is 0 Å². The SMILES string of the molecule is C=C(C)CCC(O)(CCCC)CCCC. The molecule has 0 rings (SSSR count). The maximum atomic E-state index is 10.5. The summed E-state index contributed by atoms with van der Waals surface area (Å²) < 4.78 is 0. The molecule has 1 nitrogen and oxygen atoms in total. The number of rotatable bonds is 9. The topological polar surface area (TPSA) is 20.2 Å². The first-order valence-electron chi connectivity index (χ1n) is 6.41. The third-order valence-electron chi connectivity index (χ3n) is 3.01. The summed E-state index contributed by atoms with van der Waals surface area (Å²) in [6.45, 7) is 10.3. The van der Waals surface area contributed by atoms with Crippen molar-refractivity contribution in [1.82, 2.24) is 0 Å². The first-order chi connectivity index (χ1) is 7.04. The van der Waals surface area contributed by atoms with E-state index in [4.69, 9.17) is 0 Å². The van der Waals surface area contributed by atoms with Gasteiger partial charge in [-0.2, -0.15) is 0 Å². The lowest BCUT2D eigenvalue weighted by atomic mass is 9.86. The second kappa shape index (κ2) is 7.92. The van der Waals surface area contributed by atoms with Crippen molar-refractivity contribution in [3.8, 4) is 0 Å². The van der Waals surface area contributed by atoms with Gasteiger partial charge in [-0.1, -0.05) is 45.1 Å². The van der Waals surface area contributed by atoms with Crippen molar-refractivity contribution in [2.45, 2.75) is 77.7 Å². The average Bonchev–Trinajstić information content (AvgIpc) is 2.21. The lowest BCUT2D eigenvalue weighted by Crippen LogP contribution is -2.28. The first kappa shape index (κ1) is 14.7. The van der Waals surface area contributed by atoms with Gasteiger partial charge < -0.3 is 5.11 Å². The zero-order valence-corrected chi connectivity index (χ0v) is 10.8. The Morgan fingerprint density at radius 3 is 1.87 bits per heavy atom. The summed E-state index contributed by atoms with van der Waals surface area (Å²) in [5.41, 5.74) is 0.756. The molecule has 1 heteroatoms. The molecule has 0 amide bonds. The predicted molar refractivity (Wildman–Crippen MR) is 68.0 cm³/mol. The summed E-state index contributed by atoms with van der Waals surface area (Å²) in [5, 5.41) is 10.5. The number of hydrogen-bond donors (Lipinski definition) is 1. The minimum atomic E-state index is -0.426. The van der Waals surface area contributed by atoms with E-state index in [1.54, 1.807) is 0 Å². The molecule has 0 radical (unpaired) electrons. The van der Waals surface area contributed by atoms with Gasteiger partial charge in [-0.05, 0) is 32.6 Å². The number of aliphatic hydroxyl groups is 1. The zero-order chi connectivity index (χ0) is 11.7. The van der Waals surface area contributed by atoms with E-state index >= 15 is 0 Å². The van der Waals surface area contributed by atoms with Crippen LogP contribution < -0.4 is 0 Å². The van der Waals surface area contributed by atoms with Crippen LogP contribution in [-0.4, -0.2) is 10.7 Å². The Labute approximate surface area is 95.6 Å². The maximum Gasteiger partial charge on any atom is 0.0650 e. The molecule has 0 spiro atoms. The van der Waals surface area contributed by atoms with E-state index in [1.807, 2.05) is 6.92 Å². The molecule has 1 N–H and O–H groups in total. The lowest BCUT2D eigenvalue weighted by Gasteiger charge is -2.28. The van der Waals surface area contributed by atoms with Crippen LogP contribution in [0.15, 0.2) is 12.2 Å². The second-order valence-corrected chi connectivity index (χ2v) is 4.89. The van der Waals surface area contributed by atoms with Crippen LogP contribution in [0.1, 0.15) is 72.1 Å². The van der Waals surface area contributed by atoms with Crippen LogP contribution in [0.3, 0.4) is 0 Å².